The number of hydrogen-bond donors (Lipinski definition) is 1. The van der Waals surface area contributed by atoms with Gasteiger partial charge in [-0.1, -0.05) is 30.3 Å². The Bertz CT molecular complexity index is 653. The Labute approximate surface area is 127 Å². The van der Waals surface area contributed by atoms with Crippen LogP contribution in [-0.2, 0) is 4.79 Å². The summed E-state index contributed by atoms with van der Waals surface area (Å²) in [6.07, 6.45) is 2.89. The van der Waals surface area contributed by atoms with Gasteiger partial charge in [0.15, 0.2) is 5.82 Å². The van der Waals surface area contributed by atoms with Gasteiger partial charge in [-0.05, 0) is 12.8 Å². The molecule has 21 heavy (non-hydrogen) atoms. The van der Waals surface area contributed by atoms with E-state index in [1.54, 1.807) is 0 Å². The fraction of sp³-hybridized carbons (Fsp3) is 0.400. The standard InChI is InChI=1S/C15H16N4OS/c20-13-8-11(9-19(13)12-6-7-12)16-15-17-14(18-21-15)10-4-2-1-3-5-10/h1-5,11-12H,6-9H2,(H,16,17,18). The number of rotatable bonds is 4. The minimum absolute atomic E-state index is 0.162. The first kappa shape index (κ1) is 12.8. The van der Waals surface area contributed by atoms with Crippen molar-refractivity contribution < 1.29 is 4.79 Å². The number of anilines is 1. The van der Waals surface area contributed by atoms with Crippen molar-refractivity contribution in [3.05, 3.63) is 30.3 Å². The van der Waals surface area contributed by atoms with Crippen molar-refractivity contribution >= 4 is 22.6 Å². The van der Waals surface area contributed by atoms with Crippen molar-refractivity contribution in [3.8, 4) is 11.4 Å². The van der Waals surface area contributed by atoms with E-state index in [1.807, 2.05) is 35.2 Å². The van der Waals surface area contributed by atoms with E-state index in [2.05, 4.69) is 14.7 Å². The Kier molecular flexibility index (Phi) is 3.11. The molecule has 1 saturated heterocycles. The minimum Gasteiger partial charge on any atom is -0.355 e. The van der Waals surface area contributed by atoms with Gasteiger partial charge >= 0.3 is 0 Å². The zero-order valence-corrected chi connectivity index (χ0v) is 12.3. The van der Waals surface area contributed by atoms with Gasteiger partial charge in [0, 0.05) is 36.1 Å². The maximum absolute atomic E-state index is 11.9. The van der Waals surface area contributed by atoms with E-state index in [0.29, 0.717) is 12.5 Å². The van der Waals surface area contributed by atoms with Gasteiger partial charge in [-0.15, -0.1) is 0 Å². The van der Waals surface area contributed by atoms with Crippen LogP contribution in [0.15, 0.2) is 30.3 Å². The molecule has 1 unspecified atom stereocenters. The largest absolute Gasteiger partial charge is 0.355 e. The second-order valence-corrected chi connectivity index (χ2v) is 6.36. The molecule has 6 heteroatoms. The van der Waals surface area contributed by atoms with Gasteiger partial charge < -0.3 is 10.2 Å². The number of amides is 1. The summed E-state index contributed by atoms with van der Waals surface area (Å²) in [5.74, 6) is 1.01. The molecular formula is C15H16N4OS. The summed E-state index contributed by atoms with van der Waals surface area (Å²) < 4.78 is 4.38. The number of aromatic nitrogens is 2. The van der Waals surface area contributed by atoms with Crippen LogP contribution < -0.4 is 5.32 Å². The van der Waals surface area contributed by atoms with E-state index in [-0.39, 0.29) is 11.9 Å². The fourth-order valence-corrected chi connectivity index (χ4v) is 3.39. The van der Waals surface area contributed by atoms with E-state index < -0.39 is 0 Å². The molecular weight excluding hydrogens is 284 g/mol. The van der Waals surface area contributed by atoms with Crippen LogP contribution in [0, 0.1) is 0 Å². The monoisotopic (exact) mass is 300 g/mol. The molecule has 1 aliphatic carbocycles. The summed E-state index contributed by atoms with van der Waals surface area (Å²) in [4.78, 5) is 18.5. The van der Waals surface area contributed by atoms with E-state index >= 15 is 0 Å². The Morgan fingerprint density at radius 3 is 2.81 bits per heavy atom. The Morgan fingerprint density at radius 1 is 1.24 bits per heavy atom. The highest BCUT2D eigenvalue weighted by Gasteiger charge is 2.39. The lowest BCUT2D eigenvalue weighted by Crippen LogP contribution is -2.29. The van der Waals surface area contributed by atoms with Crippen molar-refractivity contribution in [1.82, 2.24) is 14.3 Å². The van der Waals surface area contributed by atoms with Gasteiger partial charge in [-0.2, -0.15) is 9.36 Å². The van der Waals surface area contributed by atoms with Crippen molar-refractivity contribution in [3.63, 3.8) is 0 Å². The molecule has 1 atom stereocenters. The highest BCUT2D eigenvalue weighted by molar-refractivity contribution is 7.09. The molecule has 4 rings (SSSR count). The van der Waals surface area contributed by atoms with Gasteiger partial charge in [0.25, 0.3) is 0 Å². The smallest absolute Gasteiger partial charge is 0.225 e. The summed E-state index contributed by atoms with van der Waals surface area (Å²) in [6.45, 7) is 0.795. The van der Waals surface area contributed by atoms with Crippen LogP contribution in [0.4, 0.5) is 5.13 Å². The lowest BCUT2D eigenvalue weighted by molar-refractivity contribution is -0.128. The lowest BCUT2D eigenvalue weighted by Gasteiger charge is -2.15. The summed E-state index contributed by atoms with van der Waals surface area (Å²) in [7, 11) is 0. The lowest BCUT2D eigenvalue weighted by atomic mass is 10.2. The molecule has 1 N–H and O–H groups in total. The minimum atomic E-state index is 0.162. The number of carbonyl (C=O) groups excluding carboxylic acids is 1. The molecule has 5 nitrogen and oxygen atoms in total. The van der Waals surface area contributed by atoms with E-state index in [9.17, 15) is 4.79 Å². The third-order valence-corrected chi connectivity index (χ3v) is 4.58. The van der Waals surface area contributed by atoms with Gasteiger partial charge in [-0.25, -0.2) is 0 Å². The molecule has 1 aromatic heterocycles. The third-order valence-electron chi connectivity index (χ3n) is 3.93. The molecule has 1 aliphatic heterocycles. The molecule has 2 aromatic rings. The van der Waals surface area contributed by atoms with Crippen LogP contribution in [0.3, 0.4) is 0 Å². The van der Waals surface area contributed by atoms with Crippen LogP contribution in [0.2, 0.25) is 0 Å². The summed E-state index contributed by atoms with van der Waals surface area (Å²) >= 11 is 1.36. The van der Waals surface area contributed by atoms with Crippen LogP contribution >= 0.6 is 11.5 Å². The molecule has 0 spiro atoms. The van der Waals surface area contributed by atoms with E-state index in [0.717, 1.165) is 35.9 Å². The average molecular weight is 300 g/mol. The molecule has 1 saturated carbocycles. The maximum atomic E-state index is 11.9. The molecule has 2 fully saturated rings. The normalized spacial score (nSPS) is 21.8. The molecule has 1 aromatic carbocycles. The number of nitrogens with zero attached hydrogens (tertiary/aromatic N) is 3. The number of likely N-dealkylation sites (tertiary alicyclic amines) is 1. The van der Waals surface area contributed by atoms with E-state index in [1.165, 1.54) is 11.5 Å². The van der Waals surface area contributed by atoms with Crippen molar-refractivity contribution in [2.45, 2.75) is 31.3 Å². The average Bonchev–Trinajstić information content (AvgIpc) is 3.13. The van der Waals surface area contributed by atoms with E-state index in [4.69, 9.17) is 0 Å². The van der Waals surface area contributed by atoms with Gasteiger partial charge in [0.2, 0.25) is 11.0 Å². The van der Waals surface area contributed by atoms with Gasteiger partial charge in [0.05, 0.1) is 6.04 Å². The predicted octanol–water partition coefficient (Wildman–Crippen LogP) is 2.38. The Hall–Kier alpha value is -1.95. The Morgan fingerprint density at radius 2 is 2.05 bits per heavy atom. The SMILES string of the molecule is O=C1CC(Nc2nc(-c3ccccc3)ns2)CN1C1CC1. The molecule has 1 amide bonds. The first-order chi connectivity index (χ1) is 10.3. The third kappa shape index (κ3) is 2.63. The topological polar surface area (TPSA) is 58.1 Å². The molecule has 2 heterocycles. The second kappa shape index (κ2) is 5.11. The van der Waals surface area contributed by atoms with Crippen molar-refractivity contribution in [1.29, 1.82) is 0 Å². The van der Waals surface area contributed by atoms with Crippen LogP contribution in [0.5, 0.6) is 0 Å². The maximum Gasteiger partial charge on any atom is 0.225 e. The van der Waals surface area contributed by atoms with Gasteiger partial charge in [-0.3, -0.25) is 4.79 Å². The highest BCUT2D eigenvalue weighted by atomic mass is 32.1. The fourth-order valence-electron chi connectivity index (χ4n) is 2.73. The van der Waals surface area contributed by atoms with Crippen LogP contribution in [-0.4, -0.2) is 38.8 Å². The van der Waals surface area contributed by atoms with Crippen molar-refractivity contribution in [2.75, 3.05) is 11.9 Å². The number of hydrogen-bond acceptors (Lipinski definition) is 5. The highest BCUT2D eigenvalue weighted by Crippen LogP contribution is 2.31. The van der Waals surface area contributed by atoms with Crippen LogP contribution in [0.25, 0.3) is 11.4 Å². The Balaban J connectivity index is 1.44. The number of nitrogens with one attached hydrogen (secondary N) is 1. The first-order valence-electron chi connectivity index (χ1n) is 7.25. The molecule has 2 aliphatic rings. The summed E-state index contributed by atoms with van der Waals surface area (Å²) in [6, 6.07) is 10.6. The predicted molar refractivity (Wildman–Crippen MR) is 82.1 cm³/mol. The molecule has 108 valence electrons. The number of carbonyl (C=O) groups is 1. The summed E-state index contributed by atoms with van der Waals surface area (Å²) in [5, 5.41) is 4.15. The quantitative estimate of drug-likeness (QED) is 0.942. The summed E-state index contributed by atoms with van der Waals surface area (Å²) in [5.41, 5.74) is 1.02. The number of benzene rings is 1. The molecule has 0 radical (unpaired) electrons. The zero-order valence-electron chi connectivity index (χ0n) is 11.5. The first-order valence-corrected chi connectivity index (χ1v) is 8.02. The van der Waals surface area contributed by atoms with Crippen molar-refractivity contribution in [2.24, 2.45) is 0 Å². The molecule has 0 bridgehead atoms. The zero-order chi connectivity index (χ0) is 14.2. The van der Waals surface area contributed by atoms with Gasteiger partial charge in [0.1, 0.15) is 0 Å². The second-order valence-electron chi connectivity index (χ2n) is 5.61. The van der Waals surface area contributed by atoms with Crippen LogP contribution in [0.1, 0.15) is 19.3 Å².